The zero-order chi connectivity index (χ0) is 10.7. The van der Waals surface area contributed by atoms with E-state index < -0.39 is 5.97 Å². The molecule has 0 aliphatic rings. The molecule has 0 amide bonds. The van der Waals surface area contributed by atoms with Crippen molar-refractivity contribution in [3.63, 3.8) is 0 Å². The minimum Gasteiger partial charge on any atom is -0.507 e. The Balaban J connectivity index is 3.00. The molecule has 1 aromatic carbocycles. The average Bonchev–Trinajstić information content (AvgIpc) is 2.07. The van der Waals surface area contributed by atoms with Gasteiger partial charge in [-0.25, -0.2) is 4.79 Å². The third-order valence-corrected chi connectivity index (χ3v) is 1.85. The van der Waals surface area contributed by atoms with Crippen molar-refractivity contribution in [2.75, 3.05) is 0 Å². The molecule has 0 saturated heterocycles. The maximum Gasteiger partial charge on any atom is 0.339 e. The van der Waals surface area contributed by atoms with Crippen LogP contribution in [0, 0.1) is 0 Å². The summed E-state index contributed by atoms with van der Waals surface area (Å²) < 4.78 is 0. The van der Waals surface area contributed by atoms with Gasteiger partial charge in [0.25, 0.3) is 0 Å². The van der Waals surface area contributed by atoms with E-state index in [-0.39, 0.29) is 17.4 Å². The standard InChI is InChI=1S/C10H13NO3/c1-6(11)4-7-2-3-9(12)8(5-7)10(13)14/h2-3,5-6,12H,4,11H2,1H3,(H,13,14). The number of carbonyl (C=O) groups is 1. The monoisotopic (exact) mass is 195 g/mol. The average molecular weight is 195 g/mol. The molecule has 76 valence electrons. The number of aromatic hydroxyl groups is 1. The van der Waals surface area contributed by atoms with Gasteiger partial charge < -0.3 is 15.9 Å². The van der Waals surface area contributed by atoms with E-state index in [0.717, 1.165) is 5.56 Å². The maximum absolute atomic E-state index is 10.7. The van der Waals surface area contributed by atoms with Gasteiger partial charge >= 0.3 is 5.97 Å². The number of hydrogen-bond acceptors (Lipinski definition) is 3. The lowest BCUT2D eigenvalue weighted by atomic mass is 10.0. The Morgan fingerprint density at radius 2 is 2.21 bits per heavy atom. The van der Waals surface area contributed by atoms with E-state index in [1.54, 1.807) is 6.07 Å². The van der Waals surface area contributed by atoms with Gasteiger partial charge in [0, 0.05) is 6.04 Å². The van der Waals surface area contributed by atoms with Gasteiger partial charge in [-0.2, -0.15) is 0 Å². The summed E-state index contributed by atoms with van der Waals surface area (Å²) in [5.41, 5.74) is 6.31. The quantitative estimate of drug-likeness (QED) is 0.671. The fourth-order valence-electron chi connectivity index (χ4n) is 1.25. The second-order valence-corrected chi connectivity index (χ2v) is 3.34. The van der Waals surface area contributed by atoms with E-state index in [1.165, 1.54) is 12.1 Å². The Labute approximate surface area is 82.0 Å². The molecule has 1 aromatic rings. The Morgan fingerprint density at radius 3 is 2.71 bits per heavy atom. The van der Waals surface area contributed by atoms with E-state index in [2.05, 4.69) is 0 Å². The van der Waals surface area contributed by atoms with Crippen LogP contribution in [0.4, 0.5) is 0 Å². The summed E-state index contributed by atoms with van der Waals surface area (Å²) in [6.45, 7) is 1.84. The molecule has 0 fully saturated rings. The predicted molar refractivity (Wildman–Crippen MR) is 52.4 cm³/mol. The van der Waals surface area contributed by atoms with Crippen molar-refractivity contribution in [3.05, 3.63) is 29.3 Å². The van der Waals surface area contributed by atoms with Gasteiger partial charge in [0.15, 0.2) is 0 Å². The van der Waals surface area contributed by atoms with Gasteiger partial charge in [-0.3, -0.25) is 0 Å². The van der Waals surface area contributed by atoms with Crippen LogP contribution in [0.2, 0.25) is 0 Å². The van der Waals surface area contributed by atoms with Crippen LogP contribution in [-0.4, -0.2) is 22.2 Å². The van der Waals surface area contributed by atoms with Crippen LogP contribution in [0.5, 0.6) is 5.75 Å². The van der Waals surface area contributed by atoms with Crippen molar-refractivity contribution < 1.29 is 15.0 Å². The molecule has 0 heterocycles. The first kappa shape index (κ1) is 10.5. The molecule has 1 unspecified atom stereocenters. The summed E-state index contributed by atoms with van der Waals surface area (Å²) in [5, 5.41) is 18.0. The van der Waals surface area contributed by atoms with E-state index in [4.69, 9.17) is 10.8 Å². The number of hydrogen-bond donors (Lipinski definition) is 3. The number of benzene rings is 1. The Bertz CT molecular complexity index is 347. The van der Waals surface area contributed by atoms with Crippen LogP contribution in [0.15, 0.2) is 18.2 Å². The summed E-state index contributed by atoms with van der Waals surface area (Å²) >= 11 is 0. The normalized spacial score (nSPS) is 12.4. The smallest absolute Gasteiger partial charge is 0.339 e. The van der Waals surface area contributed by atoms with Crippen molar-refractivity contribution in [1.82, 2.24) is 0 Å². The molecule has 0 bridgehead atoms. The summed E-state index contributed by atoms with van der Waals surface area (Å²) in [5.74, 6) is -1.35. The number of aromatic carboxylic acids is 1. The number of rotatable bonds is 3. The van der Waals surface area contributed by atoms with Gasteiger partial charge in [-0.15, -0.1) is 0 Å². The molecule has 0 aliphatic heterocycles. The van der Waals surface area contributed by atoms with Crippen molar-refractivity contribution in [2.24, 2.45) is 5.73 Å². The van der Waals surface area contributed by atoms with E-state index in [1.807, 2.05) is 6.92 Å². The Morgan fingerprint density at radius 1 is 1.57 bits per heavy atom. The maximum atomic E-state index is 10.7. The summed E-state index contributed by atoms with van der Waals surface area (Å²) in [6, 6.07) is 4.47. The molecular weight excluding hydrogens is 182 g/mol. The van der Waals surface area contributed by atoms with Gasteiger partial charge in [0.05, 0.1) is 0 Å². The first-order valence-corrected chi connectivity index (χ1v) is 4.31. The second kappa shape index (κ2) is 4.11. The van der Waals surface area contributed by atoms with Crippen LogP contribution >= 0.6 is 0 Å². The molecular formula is C10H13NO3. The van der Waals surface area contributed by atoms with Gasteiger partial charge in [0.2, 0.25) is 0 Å². The fourth-order valence-corrected chi connectivity index (χ4v) is 1.25. The lowest BCUT2D eigenvalue weighted by molar-refractivity contribution is 0.0693. The van der Waals surface area contributed by atoms with Crippen LogP contribution in [0.1, 0.15) is 22.8 Å². The SMILES string of the molecule is CC(N)Cc1ccc(O)c(C(=O)O)c1. The van der Waals surface area contributed by atoms with E-state index in [9.17, 15) is 9.90 Å². The molecule has 0 aromatic heterocycles. The molecule has 0 saturated carbocycles. The van der Waals surface area contributed by atoms with Gasteiger partial charge in [-0.1, -0.05) is 6.07 Å². The fraction of sp³-hybridized carbons (Fsp3) is 0.300. The number of nitrogens with two attached hydrogens (primary N) is 1. The summed E-state index contributed by atoms with van der Waals surface area (Å²) in [6.07, 6.45) is 0.598. The Kier molecular flexibility index (Phi) is 3.09. The molecule has 1 rings (SSSR count). The minimum atomic E-state index is -1.13. The minimum absolute atomic E-state index is 0.0267. The third kappa shape index (κ3) is 2.47. The first-order chi connectivity index (χ1) is 6.50. The Hall–Kier alpha value is -1.55. The highest BCUT2D eigenvalue weighted by Gasteiger charge is 2.10. The summed E-state index contributed by atoms with van der Waals surface area (Å²) in [7, 11) is 0. The molecule has 0 aliphatic carbocycles. The summed E-state index contributed by atoms with van der Waals surface area (Å²) in [4.78, 5) is 10.7. The lowest BCUT2D eigenvalue weighted by Gasteiger charge is -2.06. The topological polar surface area (TPSA) is 83.5 Å². The highest BCUT2D eigenvalue weighted by molar-refractivity contribution is 5.90. The highest BCUT2D eigenvalue weighted by Crippen LogP contribution is 2.18. The van der Waals surface area contributed by atoms with Crippen LogP contribution < -0.4 is 5.73 Å². The van der Waals surface area contributed by atoms with Crippen molar-refractivity contribution in [1.29, 1.82) is 0 Å². The second-order valence-electron chi connectivity index (χ2n) is 3.34. The molecule has 4 N–H and O–H groups in total. The predicted octanol–water partition coefficient (Wildman–Crippen LogP) is 0.980. The lowest BCUT2D eigenvalue weighted by Crippen LogP contribution is -2.17. The molecule has 0 spiro atoms. The number of phenols is 1. The number of carboxylic acids is 1. The van der Waals surface area contributed by atoms with Crippen LogP contribution in [0.25, 0.3) is 0 Å². The molecule has 14 heavy (non-hydrogen) atoms. The van der Waals surface area contributed by atoms with E-state index >= 15 is 0 Å². The largest absolute Gasteiger partial charge is 0.507 e. The number of carboxylic acid groups (broad SMARTS) is 1. The van der Waals surface area contributed by atoms with Gasteiger partial charge in [-0.05, 0) is 31.0 Å². The highest BCUT2D eigenvalue weighted by atomic mass is 16.4. The third-order valence-electron chi connectivity index (χ3n) is 1.85. The molecule has 4 heteroatoms. The first-order valence-electron chi connectivity index (χ1n) is 4.31. The molecule has 4 nitrogen and oxygen atoms in total. The van der Waals surface area contributed by atoms with Crippen LogP contribution in [-0.2, 0) is 6.42 Å². The van der Waals surface area contributed by atoms with Crippen molar-refractivity contribution in [3.8, 4) is 5.75 Å². The van der Waals surface area contributed by atoms with Crippen molar-refractivity contribution in [2.45, 2.75) is 19.4 Å². The van der Waals surface area contributed by atoms with E-state index in [0.29, 0.717) is 6.42 Å². The van der Waals surface area contributed by atoms with Gasteiger partial charge in [0.1, 0.15) is 11.3 Å². The zero-order valence-electron chi connectivity index (χ0n) is 7.90. The van der Waals surface area contributed by atoms with Crippen molar-refractivity contribution >= 4 is 5.97 Å². The zero-order valence-corrected chi connectivity index (χ0v) is 7.90. The molecule has 0 radical (unpaired) electrons. The molecule has 1 atom stereocenters. The van der Waals surface area contributed by atoms with Crippen LogP contribution in [0.3, 0.4) is 0 Å².